The van der Waals surface area contributed by atoms with Crippen molar-refractivity contribution in [2.45, 2.75) is 19.3 Å². The summed E-state index contributed by atoms with van der Waals surface area (Å²) in [6, 6.07) is 71.3. The lowest BCUT2D eigenvalue weighted by Gasteiger charge is -2.22. The molecule has 272 valence electrons. The number of hydrogen-bond acceptors (Lipinski definition) is 1. The Kier molecular flexibility index (Phi) is 7.04. The lowest BCUT2D eigenvalue weighted by Crippen LogP contribution is -2.14. The number of benzene rings is 10. The van der Waals surface area contributed by atoms with Crippen molar-refractivity contribution < 1.29 is 4.42 Å². The van der Waals surface area contributed by atoms with E-state index in [0.29, 0.717) is 0 Å². The molecule has 1 nitrogen and oxygen atoms in total. The molecule has 0 amide bonds. The maximum atomic E-state index is 6.59. The lowest BCUT2D eigenvalue weighted by molar-refractivity contribution is 0.661. The van der Waals surface area contributed by atoms with Crippen LogP contribution in [0.15, 0.2) is 199 Å². The number of fused-ring (bicyclic) bond motifs is 9. The van der Waals surface area contributed by atoms with Gasteiger partial charge in [0.1, 0.15) is 11.2 Å². The van der Waals surface area contributed by atoms with E-state index in [2.05, 4.69) is 202 Å². The maximum absolute atomic E-state index is 6.59. The Morgan fingerprint density at radius 3 is 1.57 bits per heavy atom. The molecular weight excluding hydrogens is 701 g/mol. The van der Waals surface area contributed by atoms with Crippen LogP contribution in [-0.4, -0.2) is 0 Å². The highest BCUT2D eigenvalue weighted by Crippen LogP contribution is 2.54. The zero-order valence-electron chi connectivity index (χ0n) is 32.4. The molecule has 0 radical (unpaired) electrons. The van der Waals surface area contributed by atoms with Gasteiger partial charge < -0.3 is 4.42 Å². The van der Waals surface area contributed by atoms with Crippen LogP contribution in [0.2, 0.25) is 0 Å². The van der Waals surface area contributed by atoms with Crippen molar-refractivity contribution in [3.05, 3.63) is 205 Å². The summed E-state index contributed by atoms with van der Waals surface area (Å²) >= 11 is 0. The third-order valence-electron chi connectivity index (χ3n) is 12.9. The molecule has 1 heteroatoms. The zero-order chi connectivity index (χ0) is 38.5. The summed E-state index contributed by atoms with van der Waals surface area (Å²) in [7, 11) is 0. The monoisotopic (exact) mass is 738 g/mol. The van der Waals surface area contributed by atoms with Gasteiger partial charge in [-0.05, 0) is 112 Å². The van der Waals surface area contributed by atoms with Crippen LogP contribution in [-0.2, 0) is 5.41 Å². The van der Waals surface area contributed by atoms with Gasteiger partial charge in [-0.2, -0.15) is 0 Å². The fraction of sp³-hybridized carbons (Fsp3) is 0.0526. The van der Waals surface area contributed by atoms with E-state index in [4.69, 9.17) is 4.42 Å². The summed E-state index contributed by atoms with van der Waals surface area (Å²) in [5.74, 6) is 0. The fourth-order valence-corrected chi connectivity index (χ4v) is 10.2. The highest BCUT2D eigenvalue weighted by Gasteiger charge is 2.37. The standard InChI is InChI=1S/C57H38O/c1-57(2)50-27-14-24-39(55(50)49-33-37-15-3-4-16-38(37)34-51(49)57)35-29-31-36(32-30-35)53-43-20-7-9-22-45(43)54(46-23-10-8-21-44(46)53)42-19-6-5-17-40(42)47-25-13-26-48-41-18-11-12-28-52(41)58-56(47)48/h3-34H,1-2H3. The van der Waals surface area contributed by atoms with Crippen LogP contribution in [0, 0.1) is 0 Å². The van der Waals surface area contributed by atoms with E-state index in [1.807, 2.05) is 6.07 Å². The second-order valence-electron chi connectivity index (χ2n) is 16.3. The third kappa shape index (κ3) is 4.71. The van der Waals surface area contributed by atoms with Gasteiger partial charge >= 0.3 is 0 Å². The Morgan fingerprint density at radius 1 is 0.328 bits per heavy atom. The Morgan fingerprint density at radius 2 is 0.845 bits per heavy atom. The number of furan rings is 1. The van der Waals surface area contributed by atoms with Gasteiger partial charge in [-0.15, -0.1) is 0 Å². The minimum absolute atomic E-state index is 0.0819. The van der Waals surface area contributed by atoms with Gasteiger partial charge in [-0.25, -0.2) is 0 Å². The normalized spacial score (nSPS) is 13.1. The first-order chi connectivity index (χ1) is 28.5. The molecule has 0 atom stereocenters. The number of rotatable bonds is 4. The molecule has 0 bridgehead atoms. The quantitative estimate of drug-likeness (QED) is 0.164. The predicted molar refractivity (Wildman–Crippen MR) is 246 cm³/mol. The summed E-state index contributed by atoms with van der Waals surface area (Å²) in [5.41, 5.74) is 16.9. The molecule has 1 aromatic heterocycles. The van der Waals surface area contributed by atoms with Crippen molar-refractivity contribution in [1.82, 2.24) is 0 Å². The lowest BCUT2D eigenvalue weighted by atomic mass is 9.81. The second kappa shape index (κ2) is 12.4. The van der Waals surface area contributed by atoms with Crippen LogP contribution in [0.5, 0.6) is 0 Å². The molecule has 0 saturated carbocycles. The fourth-order valence-electron chi connectivity index (χ4n) is 10.2. The summed E-state index contributed by atoms with van der Waals surface area (Å²) < 4.78 is 6.59. The molecule has 1 heterocycles. The van der Waals surface area contributed by atoms with Gasteiger partial charge in [0.05, 0.1) is 0 Å². The number of hydrogen-bond donors (Lipinski definition) is 0. The summed E-state index contributed by atoms with van der Waals surface area (Å²) in [6.07, 6.45) is 0. The summed E-state index contributed by atoms with van der Waals surface area (Å²) in [5, 5.41) is 9.80. The van der Waals surface area contributed by atoms with Crippen molar-refractivity contribution in [2.24, 2.45) is 0 Å². The Labute approximate surface area is 337 Å². The molecule has 1 aliphatic rings. The Bertz CT molecular complexity index is 3410. The molecule has 0 aliphatic heterocycles. The Balaban J connectivity index is 1.04. The largest absolute Gasteiger partial charge is 0.455 e. The van der Waals surface area contributed by atoms with E-state index < -0.39 is 0 Å². The van der Waals surface area contributed by atoms with E-state index in [-0.39, 0.29) is 5.41 Å². The van der Waals surface area contributed by atoms with Crippen molar-refractivity contribution in [1.29, 1.82) is 0 Å². The van der Waals surface area contributed by atoms with Gasteiger partial charge in [0.15, 0.2) is 0 Å². The van der Waals surface area contributed by atoms with Gasteiger partial charge in [-0.3, -0.25) is 0 Å². The average molecular weight is 739 g/mol. The zero-order valence-corrected chi connectivity index (χ0v) is 32.4. The van der Waals surface area contributed by atoms with E-state index in [0.717, 1.165) is 33.1 Å². The summed E-state index contributed by atoms with van der Waals surface area (Å²) in [6.45, 7) is 4.74. The molecule has 1 aliphatic carbocycles. The minimum Gasteiger partial charge on any atom is -0.455 e. The van der Waals surface area contributed by atoms with Crippen molar-refractivity contribution in [3.63, 3.8) is 0 Å². The van der Waals surface area contributed by atoms with Crippen LogP contribution in [0.3, 0.4) is 0 Å². The van der Waals surface area contributed by atoms with Gasteiger partial charge in [-0.1, -0.05) is 190 Å². The van der Waals surface area contributed by atoms with Crippen LogP contribution in [0.25, 0.3) is 110 Å². The van der Waals surface area contributed by atoms with E-state index in [1.165, 1.54) is 88.0 Å². The third-order valence-corrected chi connectivity index (χ3v) is 12.9. The van der Waals surface area contributed by atoms with E-state index in [1.54, 1.807) is 0 Å². The minimum atomic E-state index is -0.0819. The van der Waals surface area contributed by atoms with Crippen LogP contribution in [0.4, 0.5) is 0 Å². The van der Waals surface area contributed by atoms with Crippen molar-refractivity contribution >= 4 is 54.3 Å². The molecule has 10 aromatic carbocycles. The molecule has 58 heavy (non-hydrogen) atoms. The second-order valence-corrected chi connectivity index (χ2v) is 16.3. The Hall–Kier alpha value is -7.22. The molecule has 0 saturated heterocycles. The molecule has 11 aromatic rings. The van der Waals surface area contributed by atoms with Crippen LogP contribution in [0.1, 0.15) is 25.0 Å². The molecule has 0 spiro atoms. The van der Waals surface area contributed by atoms with Crippen LogP contribution >= 0.6 is 0 Å². The van der Waals surface area contributed by atoms with Gasteiger partial charge in [0.2, 0.25) is 0 Å². The average Bonchev–Trinajstić information content (AvgIpc) is 3.76. The molecule has 12 rings (SSSR count). The van der Waals surface area contributed by atoms with Crippen molar-refractivity contribution in [2.75, 3.05) is 0 Å². The van der Waals surface area contributed by atoms with E-state index in [9.17, 15) is 0 Å². The molecule has 0 N–H and O–H groups in total. The topological polar surface area (TPSA) is 13.1 Å². The molecule has 0 fully saturated rings. The summed E-state index contributed by atoms with van der Waals surface area (Å²) in [4.78, 5) is 0. The molecule has 0 unspecified atom stereocenters. The van der Waals surface area contributed by atoms with Crippen molar-refractivity contribution in [3.8, 4) is 55.6 Å². The van der Waals surface area contributed by atoms with E-state index >= 15 is 0 Å². The first-order valence-corrected chi connectivity index (χ1v) is 20.3. The van der Waals surface area contributed by atoms with Gasteiger partial charge in [0.25, 0.3) is 0 Å². The smallest absolute Gasteiger partial charge is 0.143 e. The first-order valence-electron chi connectivity index (χ1n) is 20.3. The SMILES string of the molecule is CC1(C)c2cc3ccccc3cc2-c2c(-c3ccc(-c4c5ccccc5c(-c5ccccc5-c5cccc6c5oc5ccccc56)c5ccccc45)cc3)cccc21. The predicted octanol–water partition coefficient (Wildman–Crippen LogP) is 16.0. The maximum Gasteiger partial charge on any atom is 0.143 e. The van der Waals surface area contributed by atoms with Gasteiger partial charge in [0, 0.05) is 21.8 Å². The first kappa shape index (κ1) is 33.0. The molecular formula is C57H38O. The highest BCUT2D eigenvalue weighted by atomic mass is 16.3. The number of para-hydroxylation sites is 2. The van der Waals surface area contributed by atoms with Crippen LogP contribution < -0.4 is 0 Å². The highest BCUT2D eigenvalue weighted by molar-refractivity contribution is 6.23.